The summed E-state index contributed by atoms with van der Waals surface area (Å²) in [6.07, 6.45) is 0.454. The Morgan fingerprint density at radius 1 is 1.38 bits per heavy atom. The van der Waals surface area contributed by atoms with E-state index in [-0.39, 0.29) is 35.8 Å². The lowest BCUT2D eigenvalue weighted by atomic mass is 10.1. The van der Waals surface area contributed by atoms with Gasteiger partial charge < -0.3 is 15.2 Å². The lowest BCUT2D eigenvalue weighted by Gasteiger charge is -2.13. The maximum Gasteiger partial charge on any atom is 0.339 e. The van der Waals surface area contributed by atoms with Gasteiger partial charge in [-0.3, -0.25) is 9.59 Å². The largest absolute Gasteiger partial charge is 0.496 e. The van der Waals surface area contributed by atoms with E-state index in [4.69, 9.17) is 9.84 Å². The molecule has 0 saturated heterocycles. The molecule has 1 aliphatic heterocycles. The molecule has 3 N–H and O–H groups in total. The van der Waals surface area contributed by atoms with Gasteiger partial charge in [0, 0.05) is 24.6 Å². The highest BCUT2D eigenvalue weighted by atomic mass is 16.5. The Labute approximate surface area is 119 Å². The molecule has 110 valence electrons. The summed E-state index contributed by atoms with van der Waals surface area (Å²) in [6, 6.07) is 4.19. The zero-order valence-corrected chi connectivity index (χ0v) is 11.2. The molecule has 0 atom stereocenters. The van der Waals surface area contributed by atoms with Crippen molar-refractivity contribution in [3.63, 3.8) is 0 Å². The molecule has 1 aromatic carbocycles. The van der Waals surface area contributed by atoms with Crippen LogP contribution in [0.25, 0.3) is 0 Å². The van der Waals surface area contributed by atoms with E-state index < -0.39 is 11.9 Å². The third-order valence-corrected chi connectivity index (χ3v) is 2.86. The molecule has 0 aliphatic carbocycles. The first-order valence-electron chi connectivity index (χ1n) is 6.09. The minimum atomic E-state index is -1.12. The molecule has 0 aromatic heterocycles. The Balaban J connectivity index is 2.14. The van der Waals surface area contributed by atoms with Crippen molar-refractivity contribution in [1.82, 2.24) is 5.43 Å². The van der Waals surface area contributed by atoms with Gasteiger partial charge in [0.1, 0.15) is 17.0 Å². The summed E-state index contributed by atoms with van der Waals surface area (Å²) in [4.78, 5) is 33.9. The summed E-state index contributed by atoms with van der Waals surface area (Å²) < 4.78 is 4.97. The Kier molecular flexibility index (Phi) is 4.17. The Bertz CT molecular complexity index is 639. The molecule has 2 rings (SSSR count). The number of carbonyl (C=O) groups is 3. The second-order valence-corrected chi connectivity index (χ2v) is 4.27. The van der Waals surface area contributed by atoms with Crippen molar-refractivity contribution in [2.75, 3.05) is 12.4 Å². The summed E-state index contributed by atoms with van der Waals surface area (Å²) in [5.41, 5.74) is 2.81. The van der Waals surface area contributed by atoms with Gasteiger partial charge in [0.2, 0.25) is 5.91 Å². The number of carbonyl (C=O) groups excluding carboxylic acids is 2. The van der Waals surface area contributed by atoms with E-state index in [1.54, 1.807) is 0 Å². The smallest absolute Gasteiger partial charge is 0.339 e. The Hall–Kier alpha value is -2.90. The van der Waals surface area contributed by atoms with E-state index in [1.807, 2.05) is 0 Å². The van der Waals surface area contributed by atoms with Crippen LogP contribution in [0.3, 0.4) is 0 Å². The lowest BCUT2D eigenvalue weighted by Crippen LogP contribution is -2.32. The molecule has 1 aliphatic rings. The average Bonchev–Trinajstić information content (AvgIpc) is 2.47. The zero-order valence-electron chi connectivity index (χ0n) is 11.2. The van der Waals surface area contributed by atoms with E-state index >= 15 is 0 Å². The molecule has 1 aromatic rings. The number of carboxylic acid groups (broad SMARTS) is 1. The standard InChI is InChI=1S/C13H13N3O5/c1-21-10-6-7(2-3-8(10)13(19)20)14-12(18)9-4-5-11(17)16-15-9/h2-3,6H,4-5H2,1H3,(H,14,18)(H,16,17)(H,19,20). The van der Waals surface area contributed by atoms with Crippen LogP contribution in [0, 0.1) is 0 Å². The van der Waals surface area contributed by atoms with E-state index in [2.05, 4.69) is 15.8 Å². The van der Waals surface area contributed by atoms with Gasteiger partial charge in [-0.15, -0.1) is 0 Å². The first-order chi connectivity index (χ1) is 10.0. The average molecular weight is 291 g/mol. The van der Waals surface area contributed by atoms with Crippen LogP contribution >= 0.6 is 0 Å². The number of ether oxygens (including phenoxy) is 1. The van der Waals surface area contributed by atoms with Crippen molar-refractivity contribution in [3.05, 3.63) is 23.8 Å². The second-order valence-electron chi connectivity index (χ2n) is 4.27. The molecular weight excluding hydrogens is 278 g/mol. The van der Waals surface area contributed by atoms with Crippen LogP contribution in [0.2, 0.25) is 0 Å². The highest BCUT2D eigenvalue weighted by Crippen LogP contribution is 2.23. The Morgan fingerprint density at radius 3 is 2.71 bits per heavy atom. The number of aromatic carboxylic acids is 1. The quantitative estimate of drug-likeness (QED) is 0.750. The van der Waals surface area contributed by atoms with E-state index in [0.29, 0.717) is 5.69 Å². The molecule has 2 amide bonds. The molecule has 8 nitrogen and oxygen atoms in total. The third kappa shape index (κ3) is 3.35. The molecule has 0 spiro atoms. The van der Waals surface area contributed by atoms with Crippen molar-refractivity contribution < 1.29 is 24.2 Å². The van der Waals surface area contributed by atoms with Crippen molar-refractivity contribution in [1.29, 1.82) is 0 Å². The van der Waals surface area contributed by atoms with Gasteiger partial charge in [-0.05, 0) is 12.1 Å². The van der Waals surface area contributed by atoms with E-state index in [0.717, 1.165) is 0 Å². The third-order valence-electron chi connectivity index (χ3n) is 2.86. The first-order valence-corrected chi connectivity index (χ1v) is 6.09. The van der Waals surface area contributed by atoms with Crippen LogP contribution in [-0.4, -0.2) is 35.7 Å². The van der Waals surface area contributed by atoms with Crippen molar-refractivity contribution >= 4 is 29.2 Å². The first kappa shape index (κ1) is 14.5. The van der Waals surface area contributed by atoms with E-state index in [9.17, 15) is 14.4 Å². The fourth-order valence-electron chi connectivity index (χ4n) is 1.79. The molecule has 0 unspecified atom stereocenters. The van der Waals surface area contributed by atoms with Gasteiger partial charge in [-0.2, -0.15) is 5.10 Å². The summed E-state index contributed by atoms with van der Waals surface area (Å²) >= 11 is 0. The van der Waals surface area contributed by atoms with Gasteiger partial charge in [-0.1, -0.05) is 0 Å². The SMILES string of the molecule is COc1cc(NC(=O)C2=NNC(=O)CC2)ccc1C(=O)O. The second kappa shape index (κ2) is 6.04. The van der Waals surface area contributed by atoms with Crippen LogP contribution in [0.15, 0.2) is 23.3 Å². The van der Waals surface area contributed by atoms with Crippen molar-refractivity contribution in [2.24, 2.45) is 5.10 Å². The number of benzene rings is 1. The minimum absolute atomic E-state index is 0.00207. The molecule has 0 bridgehead atoms. The number of hydrogen-bond donors (Lipinski definition) is 3. The van der Waals surface area contributed by atoms with Gasteiger partial charge in [0.25, 0.3) is 5.91 Å². The number of hydrazone groups is 1. The van der Waals surface area contributed by atoms with Crippen LogP contribution in [0.1, 0.15) is 23.2 Å². The van der Waals surface area contributed by atoms with Gasteiger partial charge in [0.05, 0.1) is 7.11 Å². The topological polar surface area (TPSA) is 117 Å². The summed E-state index contributed by atoms with van der Waals surface area (Å²) in [5.74, 6) is -1.68. The van der Waals surface area contributed by atoms with Crippen LogP contribution in [0.5, 0.6) is 5.75 Å². The van der Waals surface area contributed by atoms with Crippen molar-refractivity contribution in [3.8, 4) is 5.75 Å². The predicted molar refractivity (Wildman–Crippen MR) is 73.4 cm³/mol. The fraction of sp³-hybridized carbons (Fsp3) is 0.231. The summed E-state index contributed by atoms with van der Waals surface area (Å²) in [6.45, 7) is 0. The van der Waals surface area contributed by atoms with Crippen LogP contribution in [0.4, 0.5) is 5.69 Å². The molecule has 1 heterocycles. The fourth-order valence-corrected chi connectivity index (χ4v) is 1.79. The number of rotatable bonds is 4. The Morgan fingerprint density at radius 2 is 2.14 bits per heavy atom. The highest BCUT2D eigenvalue weighted by Gasteiger charge is 2.19. The minimum Gasteiger partial charge on any atom is -0.496 e. The summed E-state index contributed by atoms with van der Waals surface area (Å²) in [5, 5.41) is 15.2. The van der Waals surface area contributed by atoms with Crippen LogP contribution in [-0.2, 0) is 9.59 Å². The monoisotopic (exact) mass is 291 g/mol. The highest BCUT2D eigenvalue weighted by molar-refractivity contribution is 6.43. The maximum absolute atomic E-state index is 11.9. The number of carboxylic acids is 1. The van der Waals surface area contributed by atoms with Gasteiger partial charge >= 0.3 is 5.97 Å². The molecule has 21 heavy (non-hydrogen) atoms. The molecule has 8 heteroatoms. The van der Waals surface area contributed by atoms with Crippen molar-refractivity contribution in [2.45, 2.75) is 12.8 Å². The number of amides is 2. The molecule has 0 radical (unpaired) electrons. The predicted octanol–water partition coefficient (Wildman–Crippen LogP) is 0.598. The number of hydrogen-bond acceptors (Lipinski definition) is 5. The normalized spacial score (nSPS) is 14.0. The van der Waals surface area contributed by atoms with Gasteiger partial charge in [-0.25, -0.2) is 10.2 Å². The molecule has 0 saturated carbocycles. The van der Waals surface area contributed by atoms with Gasteiger partial charge in [0.15, 0.2) is 0 Å². The zero-order chi connectivity index (χ0) is 15.4. The van der Waals surface area contributed by atoms with E-state index in [1.165, 1.54) is 25.3 Å². The van der Waals surface area contributed by atoms with Crippen LogP contribution < -0.4 is 15.5 Å². The number of nitrogens with zero attached hydrogens (tertiary/aromatic N) is 1. The lowest BCUT2D eigenvalue weighted by molar-refractivity contribution is -0.121. The number of nitrogens with one attached hydrogen (secondary N) is 2. The summed E-state index contributed by atoms with van der Waals surface area (Å²) in [7, 11) is 1.34. The molecule has 0 fully saturated rings. The number of anilines is 1. The molecular formula is C13H13N3O5. The maximum atomic E-state index is 11.9. The number of methoxy groups -OCH3 is 1.